The van der Waals surface area contributed by atoms with Crippen LogP contribution in [0.1, 0.15) is 22.3 Å². The van der Waals surface area contributed by atoms with Gasteiger partial charge in [0.05, 0.1) is 0 Å². The molecule has 0 amide bonds. The van der Waals surface area contributed by atoms with E-state index in [0.29, 0.717) is 5.75 Å². The minimum Gasteiger partial charge on any atom is -0.229 e. The van der Waals surface area contributed by atoms with Crippen molar-refractivity contribution in [1.82, 2.24) is 0 Å². The van der Waals surface area contributed by atoms with Crippen LogP contribution in [0.2, 0.25) is 0 Å². The van der Waals surface area contributed by atoms with Crippen molar-refractivity contribution in [3.8, 4) is 5.75 Å². The maximum atomic E-state index is 10.9. The molecule has 4 heteroatoms. The zero-order chi connectivity index (χ0) is 13.2. The maximum absolute atomic E-state index is 10.9. The number of benzene rings is 2. The highest BCUT2D eigenvalue weighted by Crippen LogP contribution is 2.33. The van der Waals surface area contributed by atoms with Gasteiger partial charge in [0.2, 0.25) is 0 Å². The van der Waals surface area contributed by atoms with E-state index >= 15 is 0 Å². The Balaban J connectivity index is 2.03. The number of aryl methyl sites for hydroxylation is 1. The van der Waals surface area contributed by atoms with Crippen molar-refractivity contribution < 1.29 is 14.0 Å². The van der Waals surface area contributed by atoms with E-state index in [2.05, 4.69) is 30.3 Å². The Morgan fingerprint density at radius 1 is 0.947 bits per heavy atom. The third-order valence-electron chi connectivity index (χ3n) is 3.55. The van der Waals surface area contributed by atoms with Crippen LogP contribution in [0.25, 0.3) is 0 Å². The molecule has 0 fully saturated rings. The van der Waals surface area contributed by atoms with E-state index in [1.165, 1.54) is 16.7 Å². The van der Waals surface area contributed by atoms with Gasteiger partial charge in [0.15, 0.2) is 5.75 Å². The van der Waals surface area contributed by atoms with Gasteiger partial charge < -0.3 is 0 Å². The van der Waals surface area contributed by atoms with E-state index in [9.17, 15) is 4.57 Å². The van der Waals surface area contributed by atoms with Gasteiger partial charge in [-0.05, 0) is 42.0 Å². The van der Waals surface area contributed by atoms with E-state index in [0.717, 1.165) is 24.8 Å². The fraction of sp³-hybridized carbons (Fsp3) is 0.200. The molecule has 0 aliphatic heterocycles. The average Bonchev–Trinajstić information content (AvgIpc) is 2.57. The van der Waals surface area contributed by atoms with Crippen molar-refractivity contribution >= 4 is 8.25 Å². The van der Waals surface area contributed by atoms with Gasteiger partial charge in [0, 0.05) is 10.1 Å². The van der Waals surface area contributed by atoms with Gasteiger partial charge in [-0.3, -0.25) is 0 Å². The van der Waals surface area contributed by atoms with Crippen LogP contribution < -0.4 is 4.52 Å². The lowest BCUT2D eigenvalue weighted by atomic mass is 10.0. The number of rotatable bonds is 2. The molecule has 0 radical (unpaired) electrons. The normalized spacial score (nSPS) is 14.1. The molecule has 3 nitrogen and oxygen atoms in total. The molecule has 0 heterocycles. The molecule has 0 spiro atoms. The minimum atomic E-state index is -2.61. The topological polar surface area (TPSA) is 46.5 Å². The third-order valence-corrected chi connectivity index (χ3v) is 3.90. The van der Waals surface area contributed by atoms with E-state index in [1.807, 2.05) is 6.07 Å². The first kappa shape index (κ1) is 12.3. The lowest BCUT2D eigenvalue weighted by molar-refractivity contribution is 0.408. The van der Waals surface area contributed by atoms with Crippen LogP contribution in [0.3, 0.4) is 0 Å². The van der Waals surface area contributed by atoms with Gasteiger partial charge in [-0.1, -0.05) is 36.4 Å². The Morgan fingerprint density at radius 3 is 2.47 bits per heavy atom. The van der Waals surface area contributed by atoms with Gasteiger partial charge in [-0.15, -0.1) is 4.89 Å². The second kappa shape index (κ2) is 5.12. The van der Waals surface area contributed by atoms with Crippen molar-refractivity contribution in [3.63, 3.8) is 0 Å². The van der Waals surface area contributed by atoms with Crippen LogP contribution in [0.5, 0.6) is 5.75 Å². The summed E-state index contributed by atoms with van der Waals surface area (Å²) in [5, 5.41) is 0. The van der Waals surface area contributed by atoms with Gasteiger partial charge in [0.1, 0.15) is 0 Å². The largest absolute Gasteiger partial charge is 0.747 e. The van der Waals surface area contributed by atoms with Gasteiger partial charge in [-0.25, -0.2) is 4.52 Å². The highest BCUT2D eigenvalue weighted by atomic mass is 31.1. The van der Waals surface area contributed by atoms with E-state index in [1.54, 1.807) is 6.07 Å². The Labute approximate surface area is 112 Å². The quantitative estimate of drug-likeness (QED) is 0.853. The van der Waals surface area contributed by atoms with E-state index in [-0.39, 0.29) is 0 Å². The van der Waals surface area contributed by atoms with Crippen molar-refractivity contribution in [2.45, 2.75) is 19.3 Å². The van der Waals surface area contributed by atoms with Crippen LogP contribution >= 0.6 is 8.25 Å². The first-order valence-corrected chi connectivity index (χ1v) is 7.39. The highest BCUT2D eigenvalue weighted by molar-refractivity contribution is 7.32. The second-order valence-corrected chi connectivity index (χ2v) is 5.33. The van der Waals surface area contributed by atoms with Crippen molar-refractivity contribution in [2.24, 2.45) is 0 Å². The molecule has 96 valence electrons. The Hall–Kier alpha value is -1.70. The summed E-state index contributed by atoms with van der Waals surface area (Å²) in [5.41, 5.74) is 4.90. The monoisotopic (exact) mass is 273 g/mol. The summed E-state index contributed by atoms with van der Waals surface area (Å²) >= 11 is 0. The minimum absolute atomic E-state index is 0.536. The van der Waals surface area contributed by atoms with Crippen LogP contribution in [-0.2, 0) is 23.8 Å². The first-order chi connectivity index (χ1) is 9.24. The summed E-state index contributed by atoms with van der Waals surface area (Å²) in [5.74, 6) is 0.536. The first-order valence-electron chi connectivity index (χ1n) is 6.25. The number of hydrogen-bond donors (Lipinski definition) is 1. The number of hydrogen-bond acceptors (Lipinski definition) is 2. The zero-order valence-electron chi connectivity index (χ0n) is 10.4. The lowest BCUT2D eigenvalue weighted by Gasteiger charge is -2.07. The summed E-state index contributed by atoms with van der Waals surface area (Å²) in [7, 11) is -2.61. The summed E-state index contributed by atoms with van der Waals surface area (Å²) in [6.07, 6.45) is 2.63. The van der Waals surface area contributed by atoms with Crippen LogP contribution in [-0.4, -0.2) is 4.89 Å². The Bertz CT molecular complexity index is 637. The van der Waals surface area contributed by atoms with Crippen LogP contribution in [0.4, 0.5) is 0 Å². The lowest BCUT2D eigenvalue weighted by Crippen LogP contribution is -1.96. The maximum Gasteiger partial charge on any atom is 0.747 e. The van der Waals surface area contributed by atoms with Crippen LogP contribution in [0.15, 0.2) is 42.5 Å². The van der Waals surface area contributed by atoms with Crippen molar-refractivity contribution in [3.05, 3.63) is 64.7 Å². The van der Waals surface area contributed by atoms with Gasteiger partial charge in [-0.2, -0.15) is 0 Å². The molecular weight excluding hydrogens is 259 g/mol. The highest BCUT2D eigenvalue weighted by Gasteiger charge is 2.22. The smallest absolute Gasteiger partial charge is 0.229 e. The fourth-order valence-corrected chi connectivity index (χ4v) is 3.01. The zero-order valence-corrected chi connectivity index (χ0v) is 11.3. The van der Waals surface area contributed by atoms with Gasteiger partial charge >= 0.3 is 8.25 Å². The molecule has 1 atom stereocenters. The molecule has 2 aromatic carbocycles. The summed E-state index contributed by atoms with van der Waals surface area (Å²) in [6, 6.07) is 14.1. The fourth-order valence-electron chi connectivity index (χ4n) is 2.67. The molecule has 0 saturated carbocycles. The molecule has 19 heavy (non-hydrogen) atoms. The molecule has 0 aromatic heterocycles. The Morgan fingerprint density at radius 2 is 1.68 bits per heavy atom. The molecular formula is C15H14O3P+. The molecule has 1 unspecified atom stereocenters. The molecule has 1 N–H and O–H groups in total. The molecule has 3 rings (SSSR count). The molecule has 0 bridgehead atoms. The molecule has 2 aromatic rings. The average molecular weight is 273 g/mol. The predicted octanol–water partition coefficient (Wildman–Crippen LogP) is 3.40. The molecule has 1 aliphatic carbocycles. The molecule has 1 aliphatic rings. The predicted molar refractivity (Wildman–Crippen MR) is 73.6 cm³/mol. The SMILES string of the molecule is O=[P+](O)Oc1cccc2c1CCc1ccccc1C2. The van der Waals surface area contributed by atoms with Crippen LogP contribution in [0, 0.1) is 0 Å². The molecule has 0 saturated heterocycles. The van der Waals surface area contributed by atoms with E-state index < -0.39 is 8.25 Å². The summed E-state index contributed by atoms with van der Waals surface area (Å²) in [6.45, 7) is 0. The second-order valence-electron chi connectivity index (χ2n) is 4.67. The van der Waals surface area contributed by atoms with E-state index in [4.69, 9.17) is 9.42 Å². The standard InChI is InChI=1S/C15H13O3P/c16-19(17)18-15-7-3-6-13-10-12-5-2-1-4-11(12)8-9-14(13)15/h1-7H,8-10H2/p+1. The summed E-state index contributed by atoms with van der Waals surface area (Å²) in [4.78, 5) is 8.94. The van der Waals surface area contributed by atoms with Crippen molar-refractivity contribution in [2.75, 3.05) is 0 Å². The Kier molecular flexibility index (Phi) is 3.33. The van der Waals surface area contributed by atoms with Crippen molar-refractivity contribution in [1.29, 1.82) is 0 Å². The van der Waals surface area contributed by atoms with Gasteiger partial charge in [0.25, 0.3) is 0 Å². The summed E-state index contributed by atoms with van der Waals surface area (Å²) < 4.78 is 15.9. The third kappa shape index (κ3) is 2.53. The number of fused-ring (bicyclic) bond motifs is 2.